The van der Waals surface area contributed by atoms with E-state index in [0.717, 1.165) is 0 Å². The lowest BCUT2D eigenvalue weighted by Gasteiger charge is -2.10. The SMILES string of the molecule is CSP1(C)=CC=CC1. The fourth-order valence-electron chi connectivity index (χ4n) is 0.709. The van der Waals surface area contributed by atoms with E-state index in [1.54, 1.807) is 0 Å². The monoisotopic (exact) mass is 146 g/mol. The maximum Gasteiger partial charge on any atom is -0.00593 e. The molecule has 8 heavy (non-hydrogen) atoms. The largest absolute Gasteiger partial charge is 0.139 e. The fourth-order valence-corrected chi connectivity index (χ4v) is 3.41. The minimum absolute atomic E-state index is 0.620. The third kappa shape index (κ3) is 1.21. The number of rotatable bonds is 1. The Morgan fingerprint density at radius 3 is 2.62 bits per heavy atom. The predicted molar refractivity (Wildman–Crippen MR) is 46.4 cm³/mol. The molecular formula is C6H11PS. The Bertz CT molecular complexity index is 158. The fraction of sp³-hybridized carbons (Fsp3) is 0.500. The van der Waals surface area contributed by atoms with Gasteiger partial charge in [0.15, 0.2) is 0 Å². The molecular weight excluding hydrogens is 135 g/mol. The van der Waals surface area contributed by atoms with Crippen LogP contribution in [0.25, 0.3) is 0 Å². The molecule has 1 heterocycles. The van der Waals surface area contributed by atoms with Gasteiger partial charge in [0, 0.05) is 0 Å². The van der Waals surface area contributed by atoms with Gasteiger partial charge in [-0.3, -0.25) is 0 Å². The Kier molecular flexibility index (Phi) is 1.89. The van der Waals surface area contributed by atoms with Crippen LogP contribution in [0.1, 0.15) is 0 Å². The first-order chi connectivity index (χ1) is 3.77. The summed E-state index contributed by atoms with van der Waals surface area (Å²) in [4.78, 5) is 0. The van der Waals surface area contributed by atoms with Crippen molar-refractivity contribution in [2.45, 2.75) is 0 Å². The van der Waals surface area contributed by atoms with Crippen molar-refractivity contribution in [2.75, 3.05) is 19.1 Å². The summed E-state index contributed by atoms with van der Waals surface area (Å²) in [5.74, 6) is 2.37. The van der Waals surface area contributed by atoms with Gasteiger partial charge in [0.25, 0.3) is 0 Å². The van der Waals surface area contributed by atoms with Crippen molar-refractivity contribution in [1.29, 1.82) is 0 Å². The van der Waals surface area contributed by atoms with Crippen LogP contribution in [-0.2, 0) is 0 Å². The van der Waals surface area contributed by atoms with E-state index >= 15 is 0 Å². The van der Waals surface area contributed by atoms with Gasteiger partial charge < -0.3 is 0 Å². The van der Waals surface area contributed by atoms with Crippen molar-refractivity contribution in [2.24, 2.45) is 0 Å². The quantitative estimate of drug-likeness (QED) is 0.511. The highest BCUT2D eigenvalue weighted by Crippen LogP contribution is 2.56. The van der Waals surface area contributed by atoms with E-state index in [1.807, 2.05) is 11.4 Å². The van der Waals surface area contributed by atoms with Crippen molar-refractivity contribution in [1.82, 2.24) is 0 Å². The average molecular weight is 146 g/mol. The van der Waals surface area contributed by atoms with Gasteiger partial charge in [0.05, 0.1) is 0 Å². The molecule has 0 aliphatic carbocycles. The van der Waals surface area contributed by atoms with E-state index < -0.39 is 6.09 Å². The molecule has 0 nitrogen and oxygen atoms in total. The maximum absolute atomic E-state index is 2.37. The lowest BCUT2D eigenvalue weighted by Crippen LogP contribution is -1.73. The standard InChI is InChI=1S/C6H11PS/c1-7(8-2)5-3-4-6-7/h3-5H,6H2,1-2H3. The molecule has 0 aromatic heterocycles. The Balaban J connectivity index is 2.71. The second-order valence-electron chi connectivity index (χ2n) is 2.12. The molecule has 0 N–H and O–H groups in total. The van der Waals surface area contributed by atoms with E-state index in [-0.39, 0.29) is 0 Å². The summed E-state index contributed by atoms with van der Waals surface area (Å²) >= 11 is 2.03. The Hall–Kier alpha value is 0.390. The topological polar surface area (TPSA) is 0 Å². The van der Waals surface area contributed by atoms with E-state index in [1.165, 1.54) is 6.16 Å². The van der Waals surface area contributed by atoms with E-state index in [0.29, 0.717) is 0 Å². The predicted octanol–water partition coefficient (Wildman–Crippen LogP) is 2.28. The average Bonchev–Trinajstić information content (AvgIpc) is 2.17. The Labute approximate surface area is 55.1 Å². The first-order valence-corrected chi connectivity index (χ1v) is 7.01. The van der Waals surface area contributed by atoms with Crippen molar-refractivity contribution in [3.05, 3.63) is 12.2 Å². The molecule has 46 valence electrons. The summed E-state index contributed by atoms with van der Waals surface area (Å²) in [6.45, 7) is 2.37. The molecule has 2 heteroatoms. The highest BCUT2D eigenvalue weighted by molar-refractivity contribution is 8.61. The summed E-state index contributed by atoms with van der Waals surface area (Å²) < 4.78 is 0. The summed E-state index contributed by atoms with van der Waals surface area (Å²) in [6.07, 6.45) is 7.37. The second kappa shape index (κ2) is 2.33. The molecule has 0 saturated heterocycles. The van der Waals surface area contributed by atoms with Crippen LogP contribution in [0.3, 0.4) is 0 Å². The Morgan fingerprint density at radius 1 is 1.62 bits per heavy atom. The molecule has 1 unspecified atom stereocenters. The van der Waals surface area contributed by atoms with Gasteiger partial charge in [-0.25, -0.2) is 0 Å². The van der Waals surface area contributed by atoms with Gasteiger partial charge >= 0.3 is 0 Å². The van der Waals surface area contributed by atoms with Crippen molar-refractivity contribution in [3.63, 3.8) is 0 Å². The van der Waals surface area contributed by atoms with Crippen LogP contribution in [0.5, 0.6) is 0 Å². The molecule has 0 bridgehead atoms. The lowest BCUT2D eigenvalue weighted by molar-refractivity contribution is 1.79. The molecule has 1 aliphatic heterocycles. The molecule has 0 radical (unpaired) electrons. The zero-order valence-corrected chi connectivity index (χ0v) is 7.01. The number of allylic oxidation sites excluding steroid dienone is 2. The van der Waals surface area contributed by atoms with Crippen molar-refractivity contribution >= 4 is 23.3 Å². The number of hydrogen-bond donors (Lipinski definition) is 0. The molecule has 0 saturated carbocycles. The van der Waals surface area contributed by atoms with Gasteiger partial charge in [-0.2, -0.15) is 0 Å². The van der Waals surface area contributed by atoms with Crippen LogP contribution in [0.15, 0.2) is 12.2 Å². The summed E-state index contributed by atoms with van der Waals surface area (Å²) in [7, 11) is 0. The molecule has 0 aromatic rings. The van der Waals surface area contributed by atoms with Crippen LogP contribution >= 0.6 is 17.5 Å². The molecule has 0 fully saturated rings. The van der Waals surface area contributed by atoms with Crippen LogP contribution in [0.2, 0.25) is 0 Å². The first kappa shape index (κ1) is 6.51. The summed E-state index contributed by atoms with van der Waals surface area (Å²) in [6, 6.07) is 0. The van der Waals surface area contributed by atoms with Gasteiger partial charge in [-0.15, -0.1) is 11.4 Å². The molecule has 1 atom stereocenters. The maximum atomic E-state index is 2.37. The van der Waals surface area contributed by atoms with Gasteiger partial charge in [0.2, 0.25) is 0 Å². The third-order valence-corrected chi connectivity index (χ3v) is 7.31. The smallest absolute Gasteiger partial charge is 0.00593 e. The van der Waals surface area contributed by atoms with Crippen LogP contribution in [0.4, 0.5) is 0 Å². The summed E-state index contributed by atoms with van der Waals surface area (Å²) in [5, 5.41) is 0. The third-order valence-electron chi connectivity index (χ3n) is 1.42. The molecule has 0 amide bonds. The van der Waals surface area contributed by atoms with Crippen LogP contribution in [0, 0.1) is 0 Å². The van der Waals surface area contributed by atoms with Crippen molar-refractivity contribution < 1.29 is 0 Å². The van der Waals surface area contributed by atoms with Crippen LogP contribution in [-0.4, -0.2) is 24.9 Å². The van der Waals surface area contributed by atoms with E-state index in [2.05, 4.69) is 30.9 Å². The zero-order chi connectivity index (χ0) is 6.04. The first-order valence-electron chi connectivity index (χ1n) is 2.69. The Morgan fingerprint density at radius 2 is 2.38 bits per heavy atom. The van der Waals surface area contributed by atoms with Gasteiger partial charge in [0.1, 0.15) is 0 Å². The normalized spacial score (nSPS) is 35.2. The van der Waals surface area contributed by atoms with E-state index in [9.17, 15) is 0 Å². The minimum Gasteiger partial charge on any atom is -0.139 e. The van der Waals surface area contributed by atoms with Crippen LogP contribution < -0.4 is 0 Å². The van der Waals surface area contributed by atoms with E-state index in [4.69, 9.17) is 0 Å². The molecule has 1 aliphatic rings. The second-order valence-corrected chi connectivity index (χ2v) is 9.09. The van der Waals surface area contributed by atoms with Crippen molar-refractivity contribution in [3.8, 4) is 0 Å². The molecule has 1 rings (SSSR count). The minimum atomic E-state index is -0.620. The summed E-state index contributed by atoms with van der Waals surface area (Å²) in [5.41, 5.74) is 0. The molecule has 0 aromatic carbocycles. The zero-order valence-electron chi connectivity index (χ0n) is 5.29. The highest BCUT2D eigenvalue weighted by Gasteiger charge is 2.07. The highest BCUT2D eigenvalue weighted by atomic mass is 32.7. The lowest BCUT2D eigenvalue weighted by atomic mass is 10.6. The molecule has 0 spiro atoms. The van der Waals surface area contributed by atoms with Gasteiger partial charge in [-0.05, 0) is 19.1 Å². The van der Waals surface area contributed by atoms with Gasteiger partial charge in [-0.1, -0.05) is 24.0 Å². The number of hydrogen-bond acceptors (Lipinski definition) is 1.